The zero-order valence-corrected chi connectivity index (χ0v) is 11.7. The molecule has 22 heavy (non-hydrogen) atoms. The lowest BCUT2D eigenvalue weighted by atomic mass is 10.1. The first-order valence-corrected chi connectivity index (χ1v) is 6.71. The van der Waals surface area contributed by atoms with Gasteiger partial charge >= 0.3 is 0 Å². The molecule has 1 heterocycles. The predicted molar refractivity (Wildman–Crippen MR) is 78.2 cm³/mol. The molecule has 5 heteroatoms. The molecule has 3 rings (SSSR count). The van der Waals surface area contributed by atoms with Gasteiger partial charge < -0.3 is 4.74 Å². The molecule has 1 aromatic carbocycles. The van der Waals surface area contributed by atoms with Gasteiger partial charge in [-0.25, -0.2) is 4.90 Å². The van der Waals surface area contributed by atoms with Gasteiger partial charge in [0.05, 0.1) is 16.8 Å². The summed E-state index contributed by atoms with van der Waals surface area (Å²) >= 11 is 0. The van der Waals surface area contributed by atoms with E-state index >= 15 is 0 Å². The molecule has 109 valence electrons. The van der Waals surface area contributed by atoms with Crippen LogP contribution in [-0.2, 0) is 4.79 Å². The van der Waals surface area contributed by atoms with Crippen LogP contribution in [0.2, 0.25) is 0 Å². The van der Waals surface area contributed by atoms with Crippen molar-refractivity contribution in [3.63, 3.8) is 0 Å². The molecule has 0 saturated carbocycles. The van der Waals surface area contributed by atoms with Crippen LogP contribution in [0.4, 0.5) is 0 Å². The Morgan fingerprint density at radius 3 is 2.82 bits per heavy atom. The number of hydrogen-bond acceptors (Lipinski definition) is 4. The van der Waals surface area contributed by atoms with Crippen molar-refractivity contribution in [3.8, 4) is 5.75 Å². The van der Waals surface area contributed by atoms with Crippen molar-refractivity contribution in [2.24, 2.45) is 0 Å². The summed E-state index contributed by atoms with van der Waals surface area (Å²) in [4.78, 5) is 37.5. The second-order valence-electron chi connectivity index (χ2n) is 4.77. The van der Waals surface area contributed by atoms with E-state index in [1.54, 1.807) is 24.3 Å². The fraction of sp³-hybridized carbons (Fsp3) is 0.118. The van der Waals surface area contributed by atoms with Gasteiger partial charge in [0.2, 0.25) is 0 Å². The second kappa shape index (κ2) is 5.44. The Morgan fingerprint density at radius 1 is 1.27 bits per heavy atom. The molecule has 1 radical (unpaired) electrons. The van der Waals surface area contributed by atoms with Crippen LogP contribution in [0.25, 0.3) is 0 Å². The zero-order valence-electron chi connectivity index (χ0n) is 11.7. The third kappa shape index (κ3) is 2.16. The van der Waals surface area contributed by atoms with Crippen LogP contribution in [0.3, 0.4) is 0 Å². The number of rotatable bonds is 4. The van der Waals surface area contributed by atoms with E-state index in [0.717, 1.165) is 4.90 Å². The number of allylic oxidation sites excluding steroid dienone is 3. The highest BCUT2D eigenvalue weighted by molar-refractivity contribution is 6.24. The topological polar surface area (TPSA) is 63.7 Å². The molecular weight excluding hydrogens is 282 g/mol. The van der Waals surface area contributed by atoms with Crippen molar-refractivity contribution in [2.45, 2.75) is 6.42 Å². The Morgan fingerprint density at radius 2 is 2.09 bits per heavy atom. The lowest BCUT2D eigenvalue weighted by Crippen LogP contribution is -2.29. The smallest absolute Gasteiger partial charge is 0.269 e. The number of imide groups is 1. The molecule has 0 saturated heterocycles. The maximum absolute atomic E-state index is 12.6. The molecule has 0 bridgehead atoms. The molecule has 0 N–H and O–H groups in total. The number of fused-ring (bicyclic) bond motifs is 1. The molecule has 1 aromatic rings. The van der Waals surface area contributed by atoms with Crippen LogP contribution in [0.15, 0.2) is 48.7 Å². The summed E-state index contributed by atoms with van der Waals surface area (Å²) in [5.74, 6) is -0.842. The van der Waals surface area contributed by atoms with Gasteiger partial charge in [0.15, 0.2) is 5.78 Å². The number of benzene rings is 1. The molecule has 0 aromatic heterocycles. The molecule has 2 amide bonds. The molecule has 5 nitrogen and oxygen atoms in total. The van der Waals surface area contributed by atoms with Crippen molar-refractivity contribution in [1.82, 2.24) is 4.90 Å². The van der Waals surface area contributed by atoms with Crippen molar-refractivity contribution < 1.29 is 19.1 Å². The van der Waals surface area contributed by atoms with Crippen molar-refractivity contribution in [2.75, 3.05) is 6.61 Å². The van der Waals surface area contributed by atoms with Crippen LogP contribution in [0.5, 0.6) is 5.75 Å². The highest BCUT2D eigenvalue weighted by Crippen LogP contribution is 2.33. The van der Waals surface area contributed by atoms with Crippen LogP contribution >= 0.6 is 0 Å². The van der Waals surface area contributed by atoms with Crippen molar-refractivity contribution >= 4 is 17.6 Å². The Hall–Kier alpha value is -2.95. The summed E-state index contributed by atoms with van der Waals surface area (Å²) in [6.45, 7) is 3.78. The number of nitrogens with zero attached hydrogens (tertiary/aromatic N) is 1. The van der Waals surface area contributed by atoms with Crippen LogP contribution < -0.4 is 4.74 Å². The fourth-order valence-electron chi connectivity index (χ4n) is 2.38. The summed E-state index contributed by atoms with van der Waals surface area (Å²) in [7, 11) is 0. The first-order chi connectivity index (χ1) is 10.6. The fourth-order valence-corrected chi connectivity index (χ4v) is 2.38. The van der Waals surface area contributed by atoms with E-state index in [9.17, 15) is 14.4 Å². The van der Waals surface area contributed by atoms with Crippen LogP contribution in [-0.4, -0.2) is 29.1 Å². The summed E-state index contributed by atoms with van der Waals surface area (Å²) in [6.07, 6.45) is 7.33. The molecule has 0 spiro atoms. The number of carbonyl (C=O) groups is 3. The first-order valence-electron chi connectivity index (χ1n) is 6.71. The maximum Gasteiger partial charge on any atom is 0.269 e. The molecule has 0 unspecified atom stereocenters. The third-order valence-electron chi connectivity index (χ3n) is 3.33. The molecule has 0 fully saturated rings. The first kappa shape index (κ1) is 14.0. The Kier molecular flexibility index (Phi) is 3.47. The van der Waals surface area contributed by atoms with Crippen LogP contribution in [0, 0.1) is 6.08 Å². The number of carbonyl (C=O) groups excluding carboxylic acids is 3. The standard InChI is InChI=1S/C17H12NO4/c1-2-9-22-14-8-4-7-13-15(14)17(21)18(16(13)20)11-5-3-6-12(19)10-11/h2-4,7-8,10H,1,6,9H2. The van der Waals surface area contributed by atoms with E-state index in [4.69, 9.17) is 4.74 Å². The van der Waals surface area contributed by atoms with Crippen molar-refractivity contribution in [1.29, 1.82) is 0 Å². The third-order valence-corrected chi connectivity index (χ3v) is 3.33. The number of ketones is 1. The second-order valence-corrected chi connectivity index (χ2v) is 4.77. The highest BCUT2D eigenvalue weighted by atomic mass is 16.5. The zero-order chi connectivity index (χ0) is 15.7. The predicted octanol–water partition coefficient (Wildman–Crippen LogP) is 2.06. The number of hydrogen-bond donors (Lipinski definition) is 0. The van der Waals surface area contributed by atoms with E-state index in [1.807, 2.05) is 0 Å². The normalized spacial score (nSPS) is 16.6. The Labute approximate surface area is 127 Å². The number of amides is 2. The van der Waals surface area contributed by atoms with Gasteiger partial charge in [-0.1, -0.05) is 24.8 Å². The summed E-state index contributed by atoms with van der Waals surface area (Å²) in [5.41, 5.74) is 0.625. The molecular formula is C17H12NO4. The van der Waals surface area contributed by atoms with E-state index in [-0.39, 0.29) is 35.6 Å². The lowest BCUT2D eigenvalue weighted by Gasteiger charge is -2.16. The minimum atomic E-state index is -0.512. The highest BCUT2D eigenvalue weighted by Gasteiger charge is 2.40. The maximum atomic E-state index is 12.6. The Bertz CT molecular complexity index is 758. The summed E-state index contributed by atoms with van der Waals surface area (Å²) in [5, 5.41) is 0. The average Bonchev–Trinajstić information content (AvgIpc) is 2.77. The average molecular weight is 294 g/mol. The van der Waals surface area contributed by atoms with E-state index in [2.05, 4.69) is 12.7 Å². The molecule has 1 aliphatic carbocycles. The van der Waals surface area contributed by atoms with Gasteiger partial charge in [0.25, 0.3) is 11.8 Å². The molecule has 2 aliphatic rings. The summed E-state index contributed by atoms with van der Waals surface area (Å²) in [6, 6.07) is 4.83. The van der Waals surface area contributed by atoms with Crippen molar-refractivity contribution in [3.05, 3.63) is 65.9 Å². The SMILES string of the molecule is C=CCOc1cccc2c1C(=O)N(C1=CC(=O)CC=[C]1)C2=O. The van der Waals surface area contributed by atoms with Gasteiger partial charge in [0, 0.05) is 18.6 Å². The van der Waals surface area contributed by atoms with Crippen LogP contribution in [0.1, 0.15) is 27.1 Å². The lowest BCUT2D eigenvalue weighted by molar-refractivity contribution is -0.114. The summed E-state index contributed by atoms with van der Waals surface area (Å²) < 4.78 is 5.44. The minimum Gasteiger partial charge on any atom is -0.489 e. The molecule has 1 aliphatic heterocycles. The minimum absolute atomic E-state index is 0.164. The number of ether oxygens (including phenoxy) is 1. The van der Waals surface area contributed by atoms with E-state index in [0.29, 0.717) is 5.75 Å². The van der Waals surface area contributed by atoms with Gasteiger partial charge in [-0.2, -0.15) is 0 Å². The largest absolute Gasteiger partial charge is 0.489 e. The van der Waals surface area contributed by atoms with Gasteiger partial charge in [-0.05, 0) is 12.1 Å². The van der Waals surface area contributed by atoms with E-state index < -0.39 is 11.8 Å². The van der Waals surface area contributed by atoms with Gasteiger partial charge in [-0.15, -0.1) is 0 Å². The monoisotopic (exact) mass is 294 g/mol. The van der Waals surface area contributed by atoms with Gasteiger partial charge in [-0.3, -0.25) is 14.4 Å². The molecule has 0 atom stereocenters. The Balaban J connectivity index is 2.03. The van der Waals surface area contributed by atoms with Gasteiger partial charge in [0.1, 0.15) is 12.4 Å². The van der Waals surface area contributed by atoms with E-state index in [1.165, 1.54) is 12.2 Å². The quantitative estimate of drug-likeness (QED) is 0.630.